The number of hydrogen-bond acceptors (Lipinski definition) is 8. The summed E-state index contributed by atoms with van der Waals surface area (Å²) in [5.41, 5.74) is 7.35. The van der Waals surface area contributed by atoms with Crippen molar-refractivity contribution in [1.29, 1.82) is 0 Å². The molecule has 2 N–H and O–H groups in total. The number of nitrogens with two attached hydrogens (primary N) is 1. The van der Waals surface area contributed by atoms with Crippen LogP contribution in [0.4, 0.5) is 20.7 Å². The predicted molar refractivity (Wildman–Crippen MR) is 158 cm³/mol. The average Bonchev–Trinajstić information content (AvgIpc) is 3.42. The highest BCUT2D eigenvalue weighted by Gasteiger charge is 2.38. The molecule has 2 unspecified atom stereocenters. The van der Waals surface area contributed by atoms with E-state index in [-0.39, 0.29) is 18.9 Å². The highest BCUT2D eigenvalue weighted by molar-refractivity contribution is 5.91. The number of rotatable bonds is 9. The molecular weight excluding hydrogens is 557 g/mol. The minimum Gasteiger partial charge on any atom is -0.497 e. The van der Waals surface area contributed by atoms with E-state index in [1.165, 1.54) is 11.0 Å². The first-order valence-corrected chi connectivity index (χ1v) is 14.0. The second kappa shape index (κ2) is 12.6. The van der Waals surface area contributed by atoms with E-state index < -0.39 is 29.8 Å². The highest BCUT2D eigenvalue weighted by Crippen LogP contribution is 2.31. The van der Waals surface area contributed by atoms with Gasteiger partial charge in [-0.3, -0.25) is 14.5 Å². The summed E-state index contributed by atoms with van der Waals surface area (Å²) in [6.07, 6.45) is 0.470. The smallest absolute Gasteiger partial charge is 0.414 e. The molecule has 12 heteroatoms. The summed E-state index contributed by atoms with van der Waals surface area (Å²) < 4.78 is 31.1. The molecular formula is C31H34FN5O6. The molecule has 0 radical (unpaired) electrons. The molecule has 0 spiro atoms. The number of benzene rings is 2. The lowest BCUT2D eigenvalue weighted by atomic mass is 10.0. The maximum absolute atomic E-state index is 15.2. The number of aromatic nitrogens is 1. The zero-order valence-electron chi connectivity index (χ0n) is 24.3. The molecule has 3 heterocycles. The fourth-order valence-corrected chi connectivity index (χ4v) is 5.26. The molecule has 3 aromatic rings. The molecule has 0 saturated carbocycles. The third-order valence-electron chi connectivity index (χ3n) is 7.95. The van der Waals surface area contributed by atoms with Gasteiger partial charge in [-0.1, -0.05) is 0 Å². The van der Waals surface area contributed by atoms with Gasteiger partial charge >= 0.3 is 6.09 Å². The highest BCUT2D eigenvalue weighted by atomic mass is 19.1. The first kappa shape index (κ1) is 29.6. The first-order valence-electron chi connectivity index (χ1n) is 14.0. The number of anilines is 2. The van der Waals surface area contributed by atoms with E-state index in [1.54, 1.807) is 57.7 Å². The van der Waals surface area contributed by atoms with Crippen LogP contribution in [0.25, 0.3) is 11.1 Å². The van der Waals surface area contributed by atoms with Gasteiger partial charge in [0.25, 0.3) is 0 Å². The van der Waals surface area contributed by atoms with E-state index in [1.807, 2.05) is 17.0 Å². The standard InChI is InChI=1S/C31H34FN5O6/c1-19(30(33)39)27-18-37(31(40)43-27)22-5-7-24(25(32)16-22)20-4-9-28(34-17-20)35-10-12-36(13-11-35)29(38)15-21-14-23(41-2)6-8-26(21)42-3/h4-9,14,16-17,19,27H,10-13,15,18H2,1-3H3,(H2,33,39). The lowest BCUT2D eigenvalue weighted by Gasteiger charge is -2.35. The third-order valence-corrected chi connectivity index (χ3v) is 7.95. The van der Waals surface area contributed by atoms with E-state index >= 15 is 4.39 Å². The van der Waals surface area contributed by atoms with Crippen molar-refractivity contribution in [3.63, 3.8) is 0 Å². The molecule has 5 rings (SSSR count). The molecule has 0 bridgehead atoms. The fraction of sp³-hybridized carbons (Fsp3) is 0.355. The summed E-state index contributed by atoms with van der Waals surface area (Å²) in [6.45, 7) is 4.00. The van der Waals surface area contributed by atoms with Crippen LogP contribution in [0.3, 0.4) is 0 Å². The Morgan fingerprint density at radius 2 is 1.84 bits per heavy atom. The number of piperazine rings is 1. The van der Waals surface area contributed by atoms with Gasteiger partial charge in [0.2, 0.25) is 11.8 Å². The number of primary amides is 1. The van der Waals surface area contributed by atoms with E-state index in [0.29, 0.717) is 54.5 Å². The lowest BCUT2D eigenvalue weighted by Crippen LogP contribution is -2.49. The minimum atomic E-state index is -0.694. The molecule has 2 aliphatic heterocycles. The predicted octanol–water partition coefficient (Wildman–Crippen LogP) is 3.24. The molecule has 1 aromatic heterocycles. The SMILES string of the molecule is COc1ccc(OC)c(CC(=O)N2CCN(c3ccc(-c4ccc(N5CC(C(C)C(N)=O)OC5=O)cc4F)cn3)CC2)c1. The van der Waals surface area contributed by atoms with Crippen molar-refractivity contribution in [2.45, 2.75) is 19.4 Å². The number of halogens is 1. The van der Waals surface area contributed by atoms with Gasteiger partial charge in [-0.15, -0.1) is 0 Å². The topological polar surface area (TPSA) is 128 Å². The van der Waals surface area contributed by atoms with Crippen molar-refractivity contribution in [3.8, 4) is 22.6 Å². The Kier molecular flexibility index (Phi) is 8.65. The second-order valence-electron chi connectivity index (χ2n) is 10.5. The largest absolute Gasteiger partial charge is 0.497 e. The fourth-order valence-electron chi connectivity index (χ4n) is 5.26. The zero-order valence-corrected chi connectivity index (χ0v) is 24.3. The Labute approximate surface area is 248 Å². The van der Waals surface area contributed by atoms with E-state index in [0.717, 1.165) is 11.4 Å². The van der Waals surface area contributed by atoms with Crippen LogP contribution in [0.1, 0.15) is 12.5 Å². The van der Waals surface area contributed by atoms with E-state index in [9.17, 15) is 14.4 Å². The van der Waals surface area contributed by atoms with Crippen molar-refractivity contribution in [1.82, 2.24) is 9.88 Å². The van der Waals surface area contributed by atoms with Crippen LogP contribution in [0, 0.1) is 11.7 Å². The van der Waals surface area contributed by atoms with Crippen molar-refractivity contribution in [2.75, 3.05) is 56.7 Å². The number of carbonyl (C=O) groups excluding carboxylic acids is 3. The third kappa shape index (κ3) is 6.32. The number of hydrogen-bond donors (Lipinski definition) is 1. The van der Waals surface area contributed by atoms with Crippen molar-refractivity contribution in [2.24, 2.45) is 11.7 Å². The summed E-state index contributed by atoms with van der Waals surface area (Å²) in [4.78, 5) is 46.6. The number of cyclic esters (lactones) is 1. The number of amides is 3. The lowest BCUT2D eigenvalue weighted by molar-refractivity contribution is -0.130. The van der Waals surface area contributed by atoms with Crippen LogP contribution in [0.2, 0.25) is 0 Å². The molecule has 226 valence electrons. The summed E-state index contributed by atoms with van der Waals surface area (Å²) in [5, 5.41) is 0. The van der Waals surface area contributed by atoms with Gasteiger partial charge < -0.3 is 29.7 Å². The van der Waals surface area contributed by atoms with Gasteiger partial charge in [0.15, 0.2) is 0 Å². The molecule has 11 nitrogen and oxygen atoms in total. The number of ether oxygens (including phenoxy) is 3. The van der Waals surface area contributed by atoms with Crippen LogP contribution < -0.4 is 25.0 Å². The normalized spacial score (nSPS) is 17.4. The molecule has 2 aromatic carbocycles. The van der Waals surface area contributed by atoms with Gasteiger partial charge in [-0.25, -0.2) is 14.2 Å². The number of nitrogens with zero attached hydrogens (tertiary/aromatic N) is 4. The minimum absolute atomic E-state index is 0.00789. The van der Waals surface area contributed by atoms with Gasteiger partial charge in [0.1, 0.15) is 29.2 Å². The molecule has 2 fully saturated rings. The molecule has 43 heavy (non-hydrogen) atoms. The van der Waals surface area contributed by atoms with Crippen LogP contribution in [-0.2, 0) is 20.7 Å². The van der Waals surface area contributed by atoms with Gasteiger partial charge in [-0.2, -0.15) is 0 Å². The molecule has 2 aliphatic rings. The van der Waals surface area contributed by atoms with Crippen LogP contribution in [0.5, 0.6) is 11.5 Å². The Morgan fingerprint density at radius 1 is 1.07 bits per heavy atom. The first-order chi connectivity index (χ1) is 20.7. The number of methoxy groups -OCH3 is 2. The van der Waals surface area contributed by atoms with Crippen molar-refractivity contribution >= 4 is 29.4 Å². The number of carbonyl (C=O) groups is 3. The maximum atomic E-state index is 15.2. The van der Waals surface area contributed by atoms with Gasteiger partial charge in [0.05, 0.1) is 38.8 Å². The summed E-state index contributed by atoms with van der Waals surface area (Å²) in [7, 11) is 3.16. The van der Waals surface area contributed by atoms with E-state index in [2.05, 4.69) is 9.88 Å². The number of pyridine rings is 1. The quantitative estimate of drug-likeness (QED) is 0.402. The van der Waals surface area contributed by atoms with Crippen molar-refractivity contribution in [3.05, 3.63) is 66.1 Å². The van der Waals surface area contributed by atoms with Crippen LogP contribution >= 0.6 is 0 Å². The Hall–Kier alpha value is -4.87. The Morgan fingerprint density at radius 3 is 2.47 bits per heavy atom. The van der Waals surface area contributed by atoms with Crippen molar-refractivity contribution < 1.29 is 33.0 Å². The summed E-state index contributed by atoms with van der Waals surface area (Å²) >= 11 is 0. The van der Waals surface area contributed by atoms with Crippen LogP contribution in [0.15, 0.2) is 54.7 Å². The van der Waals surface area contributed by atoms with Crippen LogP contribution in [-0.4, -0.2) is 80.8 Å². The van der Waals surface area contributed by atoms with Gasteiger partial charge in [-0.05, 0) is 55.5 Å². The van der Waals surface area contributed by atoms with E-state index in [4.69, 9.17) is 19.9 Å². The summed E-state index contributed by atoms with van der Waals surface area (Å²) in [6, 6.07) is 13.5. The monoisotopic (exact) mass is 591 g/mol. The molecule has 3 amide bonds. The molecule has 0 aliphatic carbocycles. The Bertz CT molecular complexity index is 1510. The molecule has 2 atom stereocenters. The zero-order chi connectivity index (χ0) is 30.7. The molecule has 2 saturated heterocycles. The Balaban J connectivity index is 1.19. The second-order valence-corrected chi connectivity index (χ2v) is 10.5. The van der Waals surface area contributed by atoms with Gasteiger partial charge in [0, 0.05) is 49.1 Å². The average molecular weight is 592 g/mol. The summed E-state index contributed by atoms with van der Waals surface area (Å²) in [5.74, 6) is 0.300. The maximum Gasteiger partial charge on any atom is 0.414 e.